The van der Waals surface area contributed by atoms with Gasteiger partial charge in [-0.2, -0.15) is 0 Å². The third-order valence-electron chi connectivity index (χ3n) is 3.78. The number of hydrogen-bond acceptors (Lipinski definition) is 2. The molecule has 70 valence electrons. The molecule has 1 heterocycles. The van der Waals surface area contributed by atoms with Crippen LogP contribution in [0.15, 0.2) is 0 Å². The fourth-order valence-electron chi connectivity index (χ4n) is 2.94. The molecule has 2 rings (SSSR count). The van der Waals surface area contributed by atoms with Crippen LogP contribution in [-0.2, 0) is 0 Å². The average Bonchev–Trinajstić information content (AvgIpc) is 2.28. The summed E-state index contributed by atoms with van der Waals surface area (Å²) in [6.45, 7) is 2.30. The molecular weight excluding hydrogens is 150 g/mol. The Morgan fingerprint density at radius 3 is 2.75 bits per heavy atom. The molecule has 0 bridgehead atoms. The van der Waals surface area contributed by atoms with Gasteiger partial charge in [0, 0.05) is 12.1 Å². The van der Waals surface area contributed by atoms with Crippen LogP contribution in [0.25, 0.3) is 0 Å². The maximum Gasteiger partial charge on any atom is 0.0544 e. The number of nitrogens with zero attached hydrogens (tertiary/aromatic N) is 1. The number of likely N-dealkylation sites (tertiary alicyclic amines) is 1. The Balaban J connectivity index is 2.04. The minimum Gasteiger partial charge on any atom is -0.393 e. The number of fused-ring (bicyclic) bond motifs is 1. The van der Waals surface area contributed by atoms with Crippen molar-refractivity contribution in [2.45, 2.75) is 50.8 Å². The Bertz CT molecular complexity index is 169. The Morgan fingerprint density at radius 2 is 2.00 bits per heavy atom. The molecule has 12 heavy (non-hydrogen) atoms. The van der Waals surface area contributed by atoms with Crippen LogP contribution < -0.4 is 0 Å². The van der Waals surface area contributed by atoms with Gasteiger partial charge in [-0.25, -0.2) is 0 Å². The molecule has 1 saturated carbocycles. The first kappa shape index (κ1) is 8.52. The van der Waals surface area contributed by atoms with Crippen LogP contribution in [0.2, 0.25) is 0 Å². The second-order valence-electron chi connectivity index (χ2n) is 4.54. The number of aliphatic hydroxyl groups is 1. The lowest BCUT2D eigenvalue weighted by atomic mass is 9.83. The third kappa shape index (κ3) is 1.27. The lowest BCUT2D eigenvalue weighted by molar-refractivity contribution is 0.0734. The molecule has 0 aromatic rings. The highest BCUT2D eigenvalue weighted by Crippen LogP contribution is 2.38. The van der Waals surface area contributed by atoms with Crippen LogP contribution in [0, 0.1) is 5.92 Å². The van der Waals surface area contributed by atoms with Crippen molar-refractivity contribution in [1.29, 1.82) is 0 Å². The van der Waals surface area contributed by atoms with Gasteiger partial charge in [-0.15, -0.1) is 0 Å². The molecule has 1 aliphatic carbocycles. The monoisotopic (exact) mass is 169 g/mol. The Kier molecular flexibility index (Phi) is 2.13. The van der Waals surface area contributed by atoms with E-state index in [0.29, 0.717) is 0 Å². The molecule has 0 radical (unpaired) electrons. The van der Waals surface area contributed by atoms with Gasteiger partial charge in [-0.3, -0.25) is 0 Å². The molecule has 0 aromatic carbocycles. The zero-order chi connectivity index (χ0) is 8.72. The van der Waals surface area contributed by atoms with Gasteiger partial charge in [-0.1, -0.05) is 0 Å². The minimum atomic E-state index is -0.00931. The van der Waals surface area contributed by atoms with Crippen molar-refractivity contribution in [2.24, 2.45) is 5.92 Å². The number of rotatable bonds is 0. The van der Waals surface area contributed by atoms with E-state index in [0.717, 1.165) is 30.8 Å². The summed E-state index contributed by atoms with van der Waals surface area (Å²) < 4.78 is 0. The van der Waals surface area contributed by atoms with Crippen molar-refractivity contribution < 1.29 is 5.11 Å². The molecule has 2 fully saturated rings. The van der Waals surface area contributed by atoms with E-state index in [2.05, 4.69) is 18.9 Å². The first-order valence-corrected chi connectivity index (χ1v) is 5.08. The highest BCUT2D eigenvalue weighted by atomic mass is 16.3. The zero-order valence-electron chi connectivity index (χ0n) is 8.03. The third-order valence-corrected chi connectivity index (χ3v) is 3.78. The van der Waals surface area contributed by atoms with Gasteiger partial charge < -0.3 is 10.0 Å². The first-order chi connectivity index (χ1) is 5.68. The van der Waals surface area contributed by atoms with Gasteiger partial charge in [0.2, 0.25) is 0 Å². The van der Waals surface area contributed by atoms with E-state index in [-0.39, 0.29) is 6.10 Å². The predicted molar refractivity (Wildman–Crippen MR) is 49.0 cm³/mol. The van der Waals surface area contributed by atoms with Crippen molar-refractivity contribution in [3.8, 4) is 0 Å². The highest BCUT2D eigenvalue weighted by molar-refractivity contribution is 4.94. The van der Waals surface area contributed by atoms with Gasteiger partial charge in [0.15, 0.2) is 0 Å². The standard InChI is InChI=1S/C10H19NO/c1-7-5-8-6-9(12)3-4-10(8)11(7)2/h7-10,12H,3-6H2,1-2H3/t7-,8-,9-,10-/m1/s1. The molecular formula is C10H19NO. The van der Waals surface area contributed by atoms with Crippen LogP contribution in [0.1, 0.15) is 32.6 Å². The number of aliphatic hydroxyl groups excluding tert-OH is 1. The van der Waals surface area contributed by atoms with Crippen molar-refractivity contribution >= 4 is 0 Å². The SMILES string of the molecule is C[C@@H]1C[C@@H]2C[C@H](O)CC[C@H]2N1C. The van der Waals surface area contributed by atoms with Crippen molar-refractivity contribution in [3.63, 3.8) is 0 Å². The van der Waals surface area contributed by atoms with Gasteiger partial charge in [-0.05, 0) is 45.6 Å². The topological polar surface area (TPSA) is 23.5 Å². The van der Waals surface area contributed by atoms with E-state index >= 15 is 0 Å². The summed E-state index contributed by atoms with van der Waals surface area (Å²) in [6, 6.07) is 1.49. The molecule has 1 saturated heterocycles. The Hall–Kier alpha value is -0.0800. The molecule has 0 spiro atoms. The summed E-state index contributed by atoms with van der Waals surface area (Å²) >= 11 is 0. The summed E-state index contributed by atoms with van der Waals surface area (Å²) in [5.74, 6) is 0.772. The minimum absolute atomic E-state index is 0.00931. The molecule has 0 aromatic heterocycles. The van der Waals surface area contributed by atoms with Crippen LogP contribution in [0.5, 0.6) is 0 Å². The Labute approximate surface area is 74.6 Å². The first-order valence-electron chi connectivity index (χ1n) is 5.08. The van der Waals surface area contributed by atoms with E-state index in [1.54, 1.807) is 0 Å². The van der Waals surface area contributed by atoms with Crippen LogP contribution >= 0.6 is 0 Å². The maximum atomic E-state index is 9.51. The normalized spacial score (nSPS) is 49.2. The molecule has 1 aliphatic heterocycles. The van der Waals surface area contributed by atoms with Crippen LogP contribution in [0.4, 0.5) is 0 Å². The number of hydrogen-bond donors (Lipinski definition) is 1. The van der Waals surface area contributed by atoms with Crippen LogP contribution in [0.3, 0.4) is 0 Å². The lowest BCUT2D eigenvalue weighted by Crippen LogP contribution is -2.37. The maximum absolute atomic E-state index is 9.51. The largest absolute Gasteiger partial charge is 0.393 e. The molecule has 2 aliphatic rings. The average molecular weight is 169 g/mol. The fourth-order valence-corrected chi connectivity index (χ4v) is 2.94. The van der Waals surface area contributed by atoms with Gasteiger partial charge >= 0.3 is 0 Å². The molecule has 2 nitrogen and oxygen atoms in total. The summed E-state index contributed by atoms with van der Waals surface area (Å²) in [7, 11) is 2.23. The summed E-state index contributed by atoms with van der Waals surface area (Å²) in [5.41, 5.74) is 0. The molecule has 4 atom stereocenters. The van der Waals surface area contributed by atoms with Crippen LogP contribution in [-0.4, -0.2) is 35.2 Å². The van der Waals surface area contributed by atoms with Crippen molar-refractivity contribution in [1.82, 2.24) is 4.90 Å². The summed E-state index contributed by atoms with van der Waals surface area (Å²) in [4.78, 5) is 2.50. The van der Waals surface area contributed by atoms with Gasteiger partial charge in [0.05, 0.1) is 6.10 Å². The summed E-state index contributed by atoms with van der Waals surface area (Å²) in [5, 5.41) is 9.51. The Morgan fingerprint density at radius 1 is 1.25 bits per heavy atom. The second-order valence-corrected chi connectivity index (χ2v) is 4.54. The summed E-state index contributed by atoms with van der Waals surface area (Å²) in [6.07, 6.45) is 4.53. The molecule has 0 unspecified atom stereocenters. The van der Waals surface area contributed by atoms with E-state index in [1.165, 1.54) is 12.8 Å². The second kappa shape index (κ2) is 3.00. The molecule has 0 amide bonds. The quantitative estimate of drug-likeness (QED) is 0.590. The van der Waals surface area contributed by atoms with Gasteiger partial charge in [0.25, 0.3) is 0 Å². The smallest absolute Gasteiger partial charge is 0.0544 e. The van der Waals surface area contributed by atoms with E-state index in [9.17, 15) is 5.11 Å². The lowest BCUT2D eigenvalue weighted by Gasteiger charge is -2.32. The molecule has 1 N–H and O–H groups in total. The van der Waals surface area contributed by atoms with E-state index in [1.807, 2.05) is 0 Å². The predicted octanol–water partition coefficient (Wildman–Crippen LogP) is 1.24. The van der Waals surface area contributed by atoms with Crippen molar-refractivity contribution in [3.05, 3.63) is 0 Å². The fraction of sp³-hybridized carbons (Fsp3) is 1.00. The zero-order valence-corrected chi connectivity index (χ0v) is 8.03. The van der Waals surface area contributed by atoms with Crippen molar-refractivity contribution in [2.75, 3.05) is 7.05 Å². The molecule has 2 heteroatoms. The highest BCUT2D eigenvalue weighted by Gasteiger charge is 2.39. The van der Waals surface area contributed by atoms with Gasteiger partial charge in [0.1, 0.15) is 0 Å². The van der Waals surface area contributed by atoms with E-state index < -0.39 is 0 Å². The van der Waals surface area contributed by atoms with E-state index in [4.69, 9.17) is 0 Å².